The minimum absolute atomic E-state index is 0.283. The maximum absolute atomic E-state index is 9.11. The zero-order valence-electron chi connectivity index (χ0n) is 7.52. The summed E-state index contributed by atoms with van der Waals surface area (Å²) in [5, 5.41) is 12.3. The van der Waals surface area contributed by atoms with Gasteiger partial charge in [-0.25, -0.2) is 4.98 Å². The zero-order valence-corrected chi connectivity index (χ0v) is 8.33. The van der Waals surface area contributed by atoms with Crippen molar-refractivity contribution in [1.82, 2.24) is 9.88 Å². The topological polar surface area (TPSA) is 36.4 Å². The minimum atomic E-state index is 0.283. The summed E-state index contributed by atoms with van der Waals surface area (Å²) < 4.78 is 0. The molecule has 1 atom stereocenters. The Morgan fingerprint density at radius 1 is 1.69 bits per heavy atom. The van der Waals surface area contributed by atoms with E-state index in [9.17, 15) is 0 Å². The molecule has 4 heteroatoms. The molecule has 3 nitrogen and oxygen atoms in total. The number of aliphatic hydroxyl groups excluding tert-OH is 1. The van der Waals surface area contributed by atoms with Gasteiger partial charge in [-0.2, -0.15) is 0 Å². The van der Waals surface area contributed by atoms with Crippen LogP contribution in [0, 0.1) is 0 Å². The van der Waals surface area contributed by atoms with Gasteiger partial charge in [0.1, 0.15) is 5.01 Å². The second-order valence-electron chi connectivity index (χ2n) is 3.37. The van der Waals surface area contributed by atoms with E-state index in [0.717, 1.165) is 24.5 Å². The number of thiazole rings is 1. The van der Waals surface area contributed by atoms with Gasteiger partial charge in [0.05, 0.1) is 13.2 Å². The van der Waals surface area contributed by atoms with E-state index in [1.807, 2.05) is 11.6 Å². The first-order chi connectivity index (χ1) is 6.40. The van der Waals surface area contributed by atoms with Crippen LogP contribution in [0.4, 0.5) is 0 Å². The molecule has 1 N–H and O–H groups in total. The predicted molar refractivity (Wildman–Crippen MR) is 52.6 cm³/mol. The molecule has 0 aliphatic carbocycles. The van der Waals surface area contributed by atoms with Gasteiger partial charge >= 0.3 is 0 Å². The first-order valence-corrected chi connectivity index (χ1v) is 5.51. The van der Waals surface area contributed by atoms with E-state index in [1.165, 1.54) is 6.42 Å². The largest absolute Gasteiger partial charge is 0.395 e. The molecule has 0 radical (unpaired) electrons. The smallest absolute Gasteiger partial charge is 0.107 e. The molecule has 0 bridgehead atoms. The normalized spacial score (nSPS) is 23.9. The van der Waals surface area contributed by atoms with Gasteiger partial charge in [-0.15, -0.1) is 11.3 Å². The predicted octanol–water partition coefficient (Wildman–Crippen LogP) is 1.10. The van der Waals surface area contributed by atoms with Crippen molar-refractivity contribution in [3.8, 4) is 0 Å². The third-order valence-electron chi connectivity index (χ3n) is 2.53. The highest BCUT2D eigenvalue weighted by molar-refractivity contribution is 7.09. The molecule has 1 aliphatic rings. The van der Waals surface area contributed by atoms with E-state index < -0.39 is 0 Å². The average Bonchev–Trinajstić information content (AvgIpc) is 2.76. The van der Waals surface area contributed by atoms with Crippen molar-refractivity contribution in [2.75, 3.05) is 13.2 Å². The van der Waals surface area contributed by atoms with Crippen LogP contribution in [0.15, 0.2) is 11.6 Å². The molecule has 0 aromatic carbocycles. The lowest BCUT2D eigenvalue weighted by Gasteiger charge is -2.20. The Labute approximate surface area is 82.0 Å². The highest BCUT2D eigenvalue weighted by atomic mass is 32.1. The second-order valence-corrected chi connectivity index (χ2v) is 4.35. The number of aromatic nitrogens is 1. The van der Waals surface area contributed by atoms with Crippen molar-refractivity contribution in [3.63, 3.8) is 0 Å². The first kappa shape index (κ1) is 9.12. The lowest BCUT2D eigenvalue weighted by Crippen LogP contribution is -2.31. The number of likely N-dealkylation sites (tertiary alicyclic amines) is 1. The van der Waals surface area contributed by atoms with Crippen molar-refractivity contribution in [3.05, 3.63) is 16.6 Å². The third-order valence-corrected chi connectivity index (χ3v) is 3.30. The second kappa shape index (κ2) is 4.17. The summed E-state index contributed by atoms with van der Waals surface area (Å²) in [5.41, 5.74) is 0. The van der Waals surface area contributed by atoms with Crippen LogP contribution < -0.4 is 0 Å². The van der Waals surface area contributed by atoms with Crippen LogP contribution >= 0.6 is 11.3 Å². The molecule has 1 fully saturated rings. The number of hydrogen-bond acceptors (Lipinski definition) is 4. The van der Waals surface area contributed by atoms with E-state index in [0.29, 0.717) is 6.04 Å². The van der Waals surface area contributed by atoms with Gasteiger partial charge in [0.15, 0.2) is 0 Å². The third kappa shape index (κ3) is 2.07. The SMILES string of the molecule is OC[C@@H]1CCCN1Cc1nccs1. The number of aliphatic hydroxyl groups is 1. The van der Waals surface area contributed by atoms with E-state index in [4.69, 9.17) is 5.11 Å². The van der Waals surface area contributed by atoms with Crippen LogP contribution in [0.5, 0.6) is 0 Å². The maximum atomic E-state index is 9.11. The van der Waals surface area contributed by atoms with Gasteiger partial charge < -0.3 is 5.11 Å². The Hall–Kier alpha value is -0.450. The van der Waals surface area contributed by atoms with Crippen molar-refractivity contribution in [1.29, 1.82) is 0 Å². The Bertz CT molecular complexity index is 250. The summed E-state index contributed by atoms with van der Waals surface area (Å²) in [6, 6.07) is 0.365. The number of rotatable bonds is 3. The van der Waals surface area contributed by atoms with E-state index >= 15 is 0 Å². The van der Waals surface area contributed by atoms with Crippen molar-refractivity contribution >= 4 is 11.3 Å². The van der Waals surface area contributed by atoms with Crippen LogP contribution in [0.25, 0.3) is 0 Å². The van der Waals surface area contributed by atoms with Gasteiger partial charge in [0.25, 0.3) is 0 Å². The molecule has 0 saturated carbocycles. The molecular formula is C9H14N2OS. The van der Waals surface area contributed by atoms with E-state index in [2.05, 4.69) is 9.88 Å². The van der Waals surface area contributed by atoms with Gasteiger partial charge in [0, 0.05) is 17.6 Å². The Morgan fingerprint density at radius 2 is 2.62 bits per heavy atom. The first-order valence-electron chi connectivity index (χ1n) is 4.63. The van der Waals surface area contributed by atoms with Crippen LogP contribution in [0.3, 0.4) is 0 Å². The lowest BCUT2D eigenvalue weighted by atomic mass is 10.2. The van der Waals surface area contributed by atoms with Crippen LogP contribution in [-0.2, 0) is 6.54 Å². The molecule has 1 aromatic heterocycles. The summed E-state index contributed by atoms with van der Waals surface area (Å²) in [4.78, 5) is 6.56. The Morgan fingerprint density at radius 3 is 3.31 bits per heavy atom. The zero-order chi connectivity index (χ0) is 9.10. The summed E-state index contributed by atoms with van der Waals surface area (Å²) in [6.45, 7) is 2.29. The highest BCUT2D eigenvalue weighted by Gasteiger charge is 2.23. The molecule has 1 aliphatic heterocycles. The van der Waals surface area contributed by atoms with Crippen molar-refractivity contribution in [2.24, 2.45) is 0 Å². The fraction of sp³-hybridized carbons (Fsp3) is 0.667. The molecule has 13 heavy (non-hydrogen) atoms. The van der Waals surface area contributed by atoms with Gasteiger partial charge in [-0.05, 0) is 19.4 Å². The molecule has 1 saturated heterocycles. The minimum Gasteiger partial charge on any atom is -0.395 e. The Balaban J connectivity index is 1.94. The summed E-state index contributed by atoms with van der Waals surface area (Å²) >= 11 is 1.69. The van der Waals surface area contributed by atoms with Crippen molar-refractivity contribution in [2.45, 2.75) is 25.4 Å². The molecule has 2 rings (SSSR count). The van der Waals surface area contributed by atoms with Gasteiger partial charge in [-0.1, -0.05) is 0 Å². The maximum Gasteiger partial charge on any atom is 0.107 e. The van der Waals surface area contributed by atoms with Crippen molar-refractivity contribution < 1.29 is 5.11 Å². The van der Waals surface area contributed by atoms with Gasteiger partial charge in [-0.3, -0.25) is 4.90 Å². The molecule has 0 unspecified atom stereocenters. The molecular weight excluding hydrogens is 184 g/mol. The van der Waals surface area contributed by atoms with Gasteiger partial charge in [0.2, 0.25) is 0 Å². The summed E-state index contributed by atoms with van der Waals surface area (Å²) in [6.07, 6.45) is 4.17. The summed E-state index contributed by atoms with van der Waals surface area (Å²) in [5.74, 6) is 0. The number of nitrogens with zero attached hydrogens (tertiary/aromatic N) is 2. The lowest BCUT2D eigenvalue weighted by molar-refractivity contribution is 0.153. The Kier molecular flexibility index (Phi) is 2.93. The summed E-state index contributed by atoms with van der Waals surface area (Å²) in [7, 11) is 0. The average molecular weight is 198 g/mol. The van der Waals surface area contributed by atoms with Crippen LogP contribution in [0.1, 0.15) is 17.8 Å². The van der Waals surface area contributed by atoms with Crippen LogP contribution in [-0.4, -0.2) is 34.2 Å². The van der Waals surface area contributed by atoms with E-state index in [-0.39, 0.29) is 6.61 Å². The molecule has 72 valence electrons. The quantitative estimate of drug-likeness (QED) is 0.790. The number of hydrogen-bond donors (Lipinski definition) is 1. The molecule has 1 aromatic rings. The molecule has 0 amide bonds. The molecule has 2 heterocycles. The molecule has 0 spiro atoms. The fourth-order valence-corrected chi connectivity index (χ4v) is 2.46. The van der Waals surface area contributed by atoms with Crippen LogP contribution in [0.2, 0.25) is 0 Å². The fourth-order valence-electron chi connectivity index (χ4n) is 1.81. The highest BCUT2D eigenvalue weighted by Crippen LogP contribution is 2.20. The standard InChI is InChI=1S/C9H14N2OS/c12-7-8-2-1-4-11(8)6-9-10-3-5-13-9/h3,5,8,12H,1-2,4,6-7H2/t8-/m0/s1. The monoisotopic (exact) mass is 198 g/mol. The van der Waals surface area contributed by atoms with E-state index in [1.54, 1.807) is 11.3 Å².